The highest BCUT2D eigenvalue weighted by atomic mass is 35.5. The minimum absolute atomic E-state index is 0.312. The molecule has 0 spiro atoms. The predicted octanol–water partition coefficient (Wildman–Crippen LogP) is 3.71. The van der Waals surface area contributed by atoms with E-state index in [0.717, 1.165) is 12.1 Å². The zero-order valence-electron chi connectivity index (χ0n) is 9.85. The quantitative estimate of drug-likeness (QED) is 0.599. The fourth-order valence-electron chi connectivity index (χ4n) is 1.51. The highest BCUT2D eigenvalue weighted by molar-refractivity contribution is 6.30. The number of benzene rings is 1. The largest absolute Gasteiger partial charge is 0.339 e. The van der Waals surface area contributed by atoms with E-state index in [2.05, 4.69) is 0 Å². The molecular formula is C12H13Cl2F2NO. The average molecular weight is 296 g/mol. The zero-order chi connectivity index (χ0) is 13.7. The lowest BCUT2D eigenvalue weighted by atomic mass is 10.1. The molecule has 1 amide bonds. The molecule has 18 heavy (non-hydrogen) atoms. The van der Waals surface area contributed by atoms with Gasteiger partial charge < -0.3 is 4.90 Å². The van der Waals surface area contributed by atoms with Gasteiger partial charge in [0.1, 0.15) is 11.6 Å². The van der Waals surface area contributed by atoms with Crippen molar-refractivity contribution in [3.05, 3.63) is 34.4 Å². The summed E-state index contributed by atoms with van der Waals surface area (Å²) < 4.78 is 26.8. The highest BCUT2D eigenvalue weighted by Crippen LogP contribution is 2.20. The molecule has 0 radical (unpaired) electrons. The molecule has 0 aromatic heterocycles. The number of carbonyl (C=O) groups excluding carboxylic acids is 1. The average Bonchev–Trinajstić information content (AvgIpc) is 2.34. The van der Waals surface area contributed by atoms with Gasteiger partial charge in [-0.05, 0) is 25.5 Å². The van der Waals surface area contributed by atoms with Crippen molar-refractivity contribution in [2.45, 2.75) is 13.3 Å². The van der Waals surface area contributed by atoms with Crippen LogP contribution in [0.25, 0.3) is 0 Å². The SMILES string of the molecule is CCN(CCCCl)C(=O)c1cc(F)c(Cl)cc1F. The topological polar surface area (TPSA) is 20.3 Å². The van der Waals surface area contributed by atoms with E-state index in [1.807, 2.05) is 0 Å². The Morgan fingerprint density at radius 3 is 2.56 bits per heavy atom. The number of carbonyl (C=O) groups is 1. The molecule has 0 bridgehead atoms. The van der Waals surface area contributed by atoms with Crippen molar-refractivity contribution in [2.24, 2.45) is 0 Å². The zero-order valence-corrected chi connectivity index (χ0v) is 11.4. The molecular weight excluding hydrogens is 283 g/mol. The van der Waals surface area contributed by atoms with Gasteiger partial charge in [0.25, 0.3) is 5.91 Å². The van der Waals surface area contributed by atoms with Crippen molar-refractivity contribution in [3.63, 3.8) is 0 Å². The first kappa shape index (κ1) is 15.2. The van der Waals surface area contributed by atoms with Crippen LogP contribution < -0.4 is 0 Å². The normalized spacial score (nSPS) is 10.5. The van der Waals surface area contributed by atoms with Gasteiger partial charge in [0.2, 0.25) is 0 Å². The van der Waals surface area contributed by atoms with Crippen molar-refractivity contribution in [1.82, 2.24) is 4.90 Å². The van der Waals surface area contributed by atoms with Crippen molar-refractivity contribution in [2.75, 3.05) is 19.0 Å². The van der Waals surface area contributed by atoms with E-state index in [1.54, 1.807) is 6.92 Å². The highest BCUT2D eigenvalue weighted by Gasteiger charge is 2.19. The van der Waals surface area contributed by atoms with E-state index in [1.165, 1.54) is 4.90 Å². The van der Waals surface area contributed by atoms with Crippen LogP contribution in [0.1, 0.15) is 23.7 Å². The summed E-state index contributed by atoms with van der Waals surface area (Å²) in [6.07, 6.45) is 0.596. The summed E-state index contributed by atoms with van der Waals surface area (Å²) in [5.41, 5.74) is -0.312. The first-order chi connectivity index (χ1) is 8.51. The monoisotopic (exact) mass is 295 g/mol. The lowest BCUT2D eigenvalue weighted by molar-refractivity contribution is 0.0759. The number of nitrogens with zero attached hydrogens (tertiary/aromatic N) is 1. The summed E-state index contributed by atoms with van der Waals surface area (Å²) in [7, 11) is 0. The van der Waals surface area contributed by atoms with E-state index in [-0.39, 0.29) is 10.6 Å². The van der Waals surface area contributed by atoms with Crippen LogP contribution in [0.3, 0.4) is 0 Å². The second-order valence-electron chi connectivity index (χ2n) is 3.67. The number of hydrogen-bond acceptors (Lipinski definition) is 1. The van der Waals surface area contributed by atoms with Gasteiger partial charge in [-0.3, -0.25) is 4.79 Å². The molecule has 0 aliphatic carbocycles. The molecule has 0 unspecified atom stereocenters. The molecule has 0 aliphatic rings. The van der Waals surface area contributed by atoms with Gasteiger partial charge in [0.05, 0.1) is 10.6 Å². The van der Waals surface area contributed by atoms with E-state index < -0.39 is 17.5 Å². The van der Waals surface area contributed by atoms with Gasteiger partial charge >= 0.3 is 0 Å². The van der Waals surface area contributed by atoms with Gasteiger partial charge in [0, 0.05) is 19.0 Å². The van der Waals surface area contributed by atoms with Crippen LogP contribution in [0.2, 0.25) is 5.02 Å². The number of halogens is 4. The van der Waals surface area contributed by atoms with E-state index >= 15 is 0 Å². The number of rotatable bonds is 5. The molecule has 6 heteroatoms. The second kappa shape index (κ2) is 6.90. The summed E-state index contributed by atoms with van der Waals surface area (Å²) >= 11 is 11.0. The summed E-state index contributed by atoms with van der Waals surface area (Å²) in [5, 5.41) is -0.340. The lowest BCUT2D eigenvalue weighted by Gasteiger charge is -2.20. The van der Waals surface area contributed by atoms with Gasteiger partial charge in [-0.1, -0.05) is 11.6 Å². The minimum Gasteiger partial charge on any atom is -0.339 e. The molecule has 0 fully saturated rings. The van der Waals surface area contributed by atoms with Gasteiger partial charge in [-0.2, -0.15) is 0 Å². The van der Waals surface area contributed by atoms with Crippen LogP contribution in [0.15, 0.2) is 12.1 Å². The maximum absolute atomic E-state index is 13.6. The third-order valence-corrected chi connectivity index (χ3v) is 3.03. The standard InChI is InChI=1S/C12H13Cl2F2NO/c1-2-17(5-3-4-13)12(18)8-6-11(16)9(14)7-10(8)15/h6-7H,2-5H2,1H3. The molecule has 100 valence electrons. The lowest BCUT2D eigenvalue weighted by Crippen LogP contribution is -2.32. The van der Waals surface area contributed by atoms with Gasteiger partial charge in [-0.15, -0.1) is 11.6 Å². The van der Waals surface area contributed by atoms with Crippen molar-refractivity contribution in [1.29, 1.82) is 0 Å². The molecule has 2 nitrogen and oxygen atoms in total. The molecule has 0 heterocycles. The number of hydrogen-bond donors (Lipinski definition) is 0. The van der Waals surface area contributed by atoms with Crippen LogP contribution in [0.4, 0.5) is 8.78 Å². The van der Waals surface area contributed by atoms with E-state index in [0.29, 0.717) is 25.4 Å². The minimum atomic E-state index is -0.823. The Balaban J connectivity index is 2.98. The fourth-order valence-corrected chi connectivity index (χ4v) is 1.78. The second-order valence-corrected chi connectivity index (χ2v) is 4.46. The Morgan fingerprint density at radius 1 is 1.33 bits per heavy atom. The summed E-state index contributed by atoms with van der Waals surface area (Å²) in [5.74, 6) is -1.79. The Kier molecular flexibility index (Phi) is 5.82. The molecule has 0 saturated heterocycles. The Hall–Kier alpha value is -0.870. The maximum atomic E-state index is 13.6. The van der Waals surface area contributed by atoms with Crippen LogP contribution in [0, 0.1) is 11.6 Å². The van der Waals surface area contributed by atoms with E-state index in [9.17, 15) is 13.6 Å². The first-order valence-electron chi connectivity index (χ1n) is 5.51. The molecule has 1 aromatic rings. The van der Waals surface area contributed by atoms with Crippen LogP contribution in [-0.2, 0) is 0 Å². The molecule has 0 N–H and O–H groups in total. The van der Waals surface area contributed by atoms with Crippen LogP contribution >= 0.6 is 23.2 Å². The van der Waals surface area contributed by atoms with Crippen molar-refractivity contribution in [3.8, 4) is 0 Å². The Morgan fingerprint density at radius 2 is 2.00 bits per heavy atom. The molecule has 1 aromatic carbocycles. The summed E-state index contributed by atoms with van der Waals surface area (Å²) in [6, 6.07) is 1.63. The first-order valence-corrected chi connectivity index (χ1v) is 6.42. The fraction of sp³-hybridized carbons (Fsp3) is 0.417. The summed E-state index contributed by atoms with van der Waals surface area (Å²) in [6.45, 7) is 2.57. The van der Waals surface area contributed by atoms with Crippen LogP contribution in [-0.4, -0.2) is 29.8 Å². The number of alkyl halides is 1. The van der Waals surface area contributed by atoms with Gasteiger partial charge in [-0.25, -0.2) is 8.78 Å². The Bertz CT molecular complexity index is 440. The molecule has 1 rings (SSSR count). The third kappa shape index (κ3) is 3.56. The smallest absolute Gasteiger partial charge is 0.256 e. The summed E-state index contributed by atoms with van der Waals surface area (Å²) in [4.78, 5) is 13.4. The number of amides is 1. The van der Waals surface area contributed by atoms with Crippen molar-refractivity contribution >= 4 is 29.1 Å². The van der Waals surface area contributed by atoms with Gasteiger partial charge in [0.15, 0.2) is 0 Å². The Labute approximate surface area is 114 Å². The molecule has 0 saturated carbocycles. The van der Waals surface area contributed by atoms with E-state index in [4.69, 9.17) is 23.2 Å². The van der Waals surface area contributed by atoms with Crippen molar-refractivity contribution < 1.29 is 13.6 Å². The van der Waals surface area contributed by atoms with Crippen LogP contribution in [0.5, 0.6) is 0 Å². The molecule has 0 aliphatic heterocycles. The predicted molar refractivity (Wildman–Crippen MR) is 68.3 cm³/mol. The molecule has 0 atom stereocenters. The maximum Gasteiger partial charge on any atom is 0.256 e. The third-order valence-electron chi connectivity index (χ3n) is 2.47.